The second-order valence-corrected chi connectivity index (χ2v) is 9.89. The number of aromatic nitrogens is 1. The summed E-state index contributed by atoms with van der Waals surface area (Å²) in [5.41, 5.74) is 0.0228. The fourth-order valence-electron chi connectivity index (χ4n) is 3.94. The average Bonchev–Trinajstić information content (AvgIpc) is 2.79. The third-order valence-electron chi connectivity index (χ3n) is 5.80. The Balaban J connectivity index is 1.78. The Bertz CT molecular complexity index is 1110. The Morgan fingerprint density at radius 2 is 1.89 bits per heavy atom. The van der Waals surface area contributed by atoms with Gasteiger partial charge in [-0.05, 0) is 51.8 Å². The van der Waals surface area contributed by atoms with E-state index in [-0.39, 0.29) is 23.7 Å². The van der Waals surface area contributed by atoms with Crippen molar-refractivity contribution in [1.29, 1.82) is 0 Å². The molecule has 0 radical (unpaired) electrons. The molecular formula is C26H33F2N3O5. The van der Waals surface area contributed by atoms with Crippen LogP contribution in [0.2, 0.25) is 0 Å². The Labute approximate surface area is 210 Å². The van der Waals surface area contributed by atoms with Gasteiger partial charge in [0.05, 0.1) is 13.3 Å². The minimum absolute atomic E-state index is 0.0894. The van der Waals surface area contributed by atoms with Crippen LogP contribution in [0.25, 0.3) is 0 Å². The van der Waals surface area contributed by atoms with Crippen molar-refractivity contribution in [2.24, 2.45) is 0 Å². The van der Waals surface area contributed by atoms with E-state index in [9.17, 15) is 18.4 Å². The lowest BCUT2D eigenvalue weighted by Gasteiger charge is -2.41. The minimum atomic E-state index is -0.895. The predicted octanol–water partition coefficient (Wildman–Crippen LogP) is 4.52. The summed E-state index contributed by atoms with van der Waals surface area (Å²) < 4.78 is 44.9. The summed E-state index contributed by atoms with van der Waals surface area (Å²) in [7, 11) is 1.14. The highest BCUT2D eigenvalue weighted by Crippen LogP contribution is 2.27. The number of benzene rings is 1. The zero-order valence-corrected chi connectivity index (χ0v) is 21.5. The van der Waals surface area contributed by atoms with Crippen LogP contribution in [0.4, 0.5) is 13.6 Å². The molecule has 0 unspecified atom stereocenters. The zero-order chi connectivity index (χ0) is 26.6. The van der Waals surface area contributed by atoms with Gasteiger partial charge in [0.25, 0.3) is 0 Å². The van der Waals surface area contributed by atoms with Gasteiger partial charge < -0.3 is 19.1 Å². The number of nitrogens with zero attached hydrogens (tertiary/aromatic N) is 3. The number of ether oxygens (including phenoxy) is 3. The molecule has 1 aliphatic heterocycles. The van der Waals surface area contributed by atoms with Crippen LogP contribution in [0.15, 0.2) is 30.5 Å². The van der Waals surface area contributed by atoms with Crippen molar-refractivity contribution >= 4 is 12.1 Å². The van der Waals surface area contributed by atoms with Crippen LogP contribution in [0.1, 0.15) is 55.4 Å². The summed E-state index contributed by atoms with van der Waals surface area (Å²) in [5, 5.41) is 0. The molecule has 2 heterocycles. The second kappa shape index (κ2) is 11.2. The molecule has 0 aliphatic carbocycles. The van der Waals surface area contributed by atoms with Crippen LogP contribution >= 0.6 is 0 Å². The highest BCUT2D eigenvalue weighted by atomic mass is 19.1. The van der Waals surface area contributed by atoms with E-state index in [4.69, 9.17) is 9.47 Å². The van der Waals surface area contributed by atoms with Crippen LogP contribution in [0.5, 0.6) is 5.75 Å². The topological polar surface area (TPSA) is 81.2 Å². The molecule has 3 rings (SSSR count). The molecule has 36 heavy (non-hydrogen) atoms. The van der Waals surface area contributed by atoms with Gasteiger partial charge in [-0.3, -0.25) is 4.90 Å². The number of methoxy groups -OCH3 is 1. The zero-order valence-electron chi connectivity index (χ0n) is 21.5. The van der Waals surface area contributed by atoms with Crippen molar-refractivity contribution in [3.05, 3.63) is 58.9 Å². The number of hydrogen-bond acceptors (Lipinski definition) is 7. The Kier molecular flexibility index (Phi) is 8.50. The fourth-order valence-corrected chi connectivity index (χ4v) is 3.94. The second-order valence-electron chi connectivity index (χ2n) is 9.89. The Hall–Kier alpha value is -3.27. The maximum Gasteiger partial charge on any atom is 0.410 e. The molecule has 1 aliphatic rings. The van der Waals surface area contributed by atoms with Gasteiger partial charge >= 0.3 is 12.1 Å². The number of rotatable bonds is 6. The monoisotopic (exact) mass is 505 g/mol. The molecule has 196 valence electrons. The molecule has 8 nitrogen and oxygen atoms in total. The molecule has 0 spiro atoms. The molecule has 2 atom stereocenters. The van der Waals surface area contributed by atoms with E-state index in [2.05, 4.69) is 14.6 Å². The van der Waals surface area contributed by atoms with Gasteiger partial charge in [-0.15, -0.1) is 0 Å². The number of hydrogen-bond donors (Lipinski definition) is 0. The first-order valence-electron chi connectivity index (χ1n) is 11.8. The molecule has 1 aromatic carbocycles. The van der Waals surface area contributed by atoms with Crippen molar-refractivity contribution in [3.8, 4) is 5.75 Å². The van der Waals surface area contributed by atoms with Gasteiger partial charge in [0.15, 0.2) is 11.5 Å². The van der Waals surface area contributed by atoms with E-state index < -0.39 is 29.2 Å². The third-order valence-corrected chi connectivity index (χ3v) is 5.80. The molecule has 1 saturated heterocycles. The standard InChI is InChI=1S/C26H33F2N3O5/c1-16-7-8-18(11-20(16)27)22(35-19-12-21(28)23(29-13-19)24(32)34-6)15-30-9-10-31(17(2)14-30)25(33)36-26(3,4)5/h7-8,11-13,17,22H,9-10,14-15H2,1-6H3/t17-,22-/m1/s1. The summed E-state index contributed by atoms with van der Waals surface area (Å²) >= 11 is 0. The van der Waals surface area contributed by atoms with Gasteiger partial charge in [0, 0.05) is 38.3 Å². The SMILES string of the molecule is COC(=O)c1ncc(O[C@H](CN2CCN(C(=O)OC(C)(C)C)[C@H](C)C2)c2ccc(C)c(F)c2)cc1F. The van der Waals surface area contributed by atoms with E-state index in [0.717, 1.165) is 13.2 Å². The fraction of sp³-hybridized carbons (Fsp3) is 0.500. The maximum atomic E-state index is 14.4. The van der Waals surface area contributed by atoms with Gasteiger partial charge in [0.2, 0.25) is 0 Å². The van der Waals surface area contributed by atoms with E-state index >= 15 is 0 Å². The normalized spacial score (nSPS) is 17.4. The number of carbonyl (C=O) groups excluding carboxylic acids is 2. The quantitative estimate of drug-likeness (QED) is 0.534. The van der Waals surface area contributed by atoms with Gasteiger partial charge in [0.1, 0.15) is 23.3 Å². The lowest BCUT2D eigenvalue weighted by molar-refractivity contribution is -0.00301. The third kappa shape index (κ3) is 6.90. The van der Waals surface area contributed by atoms with Crippen LogP contribution in [0.3, 0.4) is 0 Å². The highest BCUT2D eigenvalue weighted by Gasteiger charge is 2.32. The number of aryl methyl sites for hydroxylation is 1. The van der Waals surface area contributed by atoms with Crippen LogP contribution in [0, 0.1) is 18.6 Å². The lowest BCUT2D eigenvalue weighted by atomic mass is 10.0. The smallest absolute Gasteiger partial charge is 0.410 e. The number of piperazine rings is 1. The average molecular weight is 506 g/mol. The number of halogens is 2. The Morgan fingerprint density at radius 1 is 1.17 bits per heavy atom. The lowest BCUT2D eigenvalue weighted by Crippen LogP contribution is -2.55. The van der Waals surface area contributed by atoms with E-state index in [1.54, 1.807) is 24.0 Å². The number of esters is 1. The first-order valence-corrected chi connectivity index (χ1v) is 11.8. The Morgan fingerprint density at radius 3 is 2.47 bits per heavy atom. The van der Waals surface area contributed by atoms with Crippen molar-refractivity contribution in [2.75, 3.05) is 33.3 Å². The van der Waals surface area contributed by atoms with Crippen molar-refractivity contribution < 1.29 is 32.6 Å². The molecule has 0 saturated carbocycles. The summed E-state index contributed by atoms with van der Waals surface area (Å²) in [6.45, 7) is 11.0. The van der Waals surface area contributed by atoms with E-state index in [0.29, 0.717) is 37.3 Å². The van der Waals surface area contributed by atoms with E-state index in [1.165, 1.54) is 12.3 Å². The molecule has 0 bridgehead atoms. The summed E-state index contributed by atoms with van der Waals surface area (Å²) in [5.74, 6) is -2.07. The molecule has 10 heteroatoms. The first kappa shape index (κ1) is 27.3. The molecular weight excluding hydrogens is 472 g/mol. The summed E-state index contributed by atoms with van der Waals surface area (Å²) in [6.07, 6.45) is 0.205. The van der Waals surface area contributed by atoms with Crippen LogP contribution in [-0.2, 0) is 9.47 Å². The molecule has 1 aromatic heterocycles. The first-order chi connectivity index (χ1) is 16.9. The van der Waals surface area contributed by atoms with Gasteiger partial charge in [-0.1, -0.05) is 12.1 Å². The molecule has 0 N–H and O–H groups in total. The van der Waals surface area contributed by atoms with Gasteiger partial charge in [-0.25, -0.2) is 23.4 Å². The van der Waals surface area contributed by atoms with E-state index in [1.807, 2.05) is 27.7 Å². The van der Waals surface area contributed by atoms with Crippen LogP contribution < -0.4 is 4.74 Å². The van der Waals surface area contributed by atoms with Crippen molar-refractivity contribution in [2.45, 2.75) is 52.4 Å². The molecule has 1 amide bonds. The number of carbonyl (C=O) groups is 2. The predicted molar refractivity (Wildman–Crippen MR) is 129 cm³/mol. The summed E-state index contributed by atoms with van der Waals surface area (Å²) in [6, 6.07) is 5.74. The minimum Gasteiger partial charge on any atom is -0.483 e. The number of pyridine rings is 1. The van der Waals surface area contributed by atoms with Crippen molar-refractivity contribution in [3.63, 3.8) is 0 Å². The molecule has 1 fully saturated rings. The highest BCUT2D eigenvalue weighted by molar-refractivity contribution is 5.87. The summed E-state index contributed by atoms with van der Waals surface area (Å²) in [4.78, 5) is 31.8. The maximum absolute atomic E-state index is 14.4. The largest absolute Gasteiger partial charge is 0.483 e. The van der Waals surface area contributed by atoms with Gasteiger partial charge in [-0.2, -0.15) is 0 Å². The number of amides is 1. The molecule has 2 aromatic rings. The van der Waals surface area contributed by atoms with Crippen molar-refractivity contribution in [1.82, 2.24) is 14.8 Å². The van der Waals surface area contributed by atoms with Crippen LogP contribution in [-0.4, -0.2) is 71.8 Å².